The number of nitrogens with zero attached hydrogens (tertiary/aromatic N) is 2. The normalized spacial score (nSPS) is 10.2. The number of hydrogen-bond acceptors (Lipinski definition) is 4. The van der Waals surface area contributed by atoms with E-state index in [-0.39, 0.29) is 0 Å². The van der Waals surface area contributed by atoms with E-state index >= 15 is 0 Å². The summed E-state index contributed by atoms with van der Waals surface area (Å²) in [7, 11) is 0. The molecule has 2 aromatic rings. The number of hydrogen-bond donors (Lipinski definition) is 2. The molecule has 3 N–H and O–H groups in total. The Bertz CT molecular complexity index is 425. The number of aromatic nitrogens is 2. The standard InChI is InChI=1S/C12H14N4/c13-12-15-8-11(9-16-12)7-14-6-10-4-2-1-3-5-10/h1-5,8-9,14H,6-7H2,(H2,13,15,16). The van der Waals surface area contributed by atoms with Gasteiger partial charge in [0.25, 0.3) is 0 Å². The third kappa shape index (κ3) is 3.03. The highest BCUT2D eigenvalue weighted by atomic mass is 15.0. The molecule has 0 spiro atoms. The van der Waals surface area contributed by atoms with Crippen molar-refractivity contribution in [3.63, 3.8) is 0 Å². The molecule has 0 saturated carbocycles. The first-order valence-electron chi connectivity index (χ1n) is 5.15. The molecule has 4 nitrogen and oxygen atoms in total. The number of anilines is 1. The topological polar surface area (TPSA) is 63.8 Å². The van der Waals surface area contributed by atoms with Gasteiger partial charge < -0.3 is 11.1 Å². The van der Waals surface area contributed by atoms with E-state index in [9.17, 15) is 0 Å². The van der Waals surface area contributed by atoms with Gasteiger partial charge in [-0.15, -0.1) is 0 Å². The lowest BCUT2D eigenvalue weighted by molar-refractivity contribution is 0.689. The summed E-state index contributed by atoms with van der Waals surface area (Å²) in [5.41, 5.74) is 7.70. The van der Waals surface area contributed by atoms with E-state index in [0.717, 1.165) is 18.7 Å². The van der Waals surface area contributed by atoms with Gasteiger partial charge in [-0.3, -0.25) is 0 Å². The highest BCUT2D eigenvalue weighted by Gasteiger charge is 1.95. The number of rotatable bonds is 4. The molecule has 1 heterocycles. The van der Waals surface area contributed by atoms with Crippen molar-refractivity contribution in [3.8, 4) is 0 Å². The predicted octanol–water partition coefficient (Wildman–Crippen LogP) is 1.35. The maximum atomic E-state index is 5.40. The van der Waals surface area contributed by atoms with Crippen molar-refractivity contribution in [2.75, 3.05) is 5.73 Å². The van der Waals surface area contributed by atoms with Crippen LogP contribution in [0.4, 0.5) is 5.95 Å². The lowest BCUT2D eigenvalue weighted by Crippen LogP contribution is -2.13. The second kappa shape index (κ2) is 5.23. The summed E-state index contributed by atoms with van der Waals surface area (Å²) in [5, 5.41) is 3.32. The van der Waals surface area contributed by atoms with Crippen molar-refractivity contribution in [2.24, 2.45) is 0 Å². The molecule has 2 rings (SSSR count). The second-order valence-electron chi connectivity index (χ2n) is 3.54. The van der Waals surface area contributed by atoms with E-state index in [1.165, 1.54) is 5.56 Å². The highest BCUT2D eigenvalue weighted by Crippen LogP contribution is 2.00. The first kappa shape index (κ1) is 10.6. The maximum absolute atomic E-state index is 5.40. The van der Waals surface area contributed by atoms with Gasteiger partial charge in [0, 0.05) is 31.0 Å². The molecular formula is C12H14N4. The van der Waals surface area contributed by atoms with E-state index in [2.05, 4.69) is 27.4 Å². The molecule has 0 saturated heterocycles. The molecule has 0 fully saturated rings. The quantitative estimate of drug-likeness (QED) is 0.806. The van der Waals surface area contributed by atoms with Crippen LogP contribution in [0.15, 0.2) is 42.7 Å². The molecule has 0 aliphatic rings. The van der Waals surface area contributed by atoms with Gasteiger partial charge in [0.2, 0.25) is 5.95 Å². The van der Waals surface area contributed by atoms with E-state index in [1.54, 1.807) is 12.4 Å². The molecular weight excluding hydrogens is 200 g/mol. The highest BCUT2D eigenvalue weighted by molar-refractivity contribution is 5.17. The molecule has 4 heteroatoms. The predicted molar refractivity (Wildman–Crippen MR) is 63.4 cm³/mol. The average Bonchev–Trinajstić information content (AvgIpc) is 2.33. The van der Waals surface area contributed by atoms with Crippen LogP contribution in [-0.2, 0) is 13.1 Å². The number of benzene rings is 1. The van der Waals surface area contributed by atoms with E-state index in [1.807, 2.05) is 18.2 Å². The van der Waals surface area contributed by atoms with Gasteiger partial charge in [-0.25, -0.2) is 9.97 Å². The van der Waals surface area contributed by atoms with Crippen LogP contribution in [0.2, 0.25) is 0 Å². The van der Waals surface area contributed by atoms with Gasteiger partial charge in [-0.1, -0.05) is 30.3 Å². The van der Waals surface area contributed by atoms with Gasteiger partial charge in [0.1, 0.15) is 0 Å². The molecule has 0 amide bonds. The Morgan fingerprint density at radius 1 is 0.938 bits per heavy atom. The number of nitrogens with two attached hydrogens (primary N) is 1. The molecule has 0 aliphatic carbocycles. The van der Waals surface area contributed by atoms with Crippen LogP contribution >= 0.6 is 0 Å². The summed E-state index contributed by atoms with van der Waals surface area (Å²) in [4.78, 5) is 7.86. The first-order chi connectivity index (χ1) is 7.84. The van der Waals surface area contributed by atoms with Gasteiger partial charge in [0.15, 0.2) is 0 Å². The summed E-state index contributed by atoms with van der Waals surface area (Å²) in [6.07, 6.45) is 3.47. The molecule has 0 atom stereocenters. The van der Waals surface area contributed by atoms with E-state index in [4.69, 9.17) is 5.73 Å². The lowest BCUT2D eigenvalue weighted by atomic mass is 10.2. The summed E-state index contributed by atoms with van der Waals surface area (Å²) in [5.74, 6) is 0.312. The molecule has 0 radical (unpaired) electrons. The van der Waals surface area contributed by atoms with Gasteiger partial charge in [-0.2, -0.15) is 0 Å². The van der Waals surface area contributed by atoms with Crippen molar-refractivity contribution in [2.45, 2.75) is 13.1 Å². The van der Waals surface area contributed by atoms with E-state index < -0.39 is 0 Å². The van der Waals surface area contributed by atoms with Crippen molar-refractivity contribution < 1.29 is 0 Å². The van der Waals surface area contributed by atoms with Crippen LogP contribution < -0.4 is 11.1 Å². The van der Waals surface area contributed by atoms with Gasteiger partial charge in [-0.05, 0) is 5.56 Å². The minimum atomic E-state index is 0.312. The molecule has 16 heavy (non-hydrogen) atoms. The Morgan fingerprint density at radius 2 is 1.56 bits per heavy atom. The Morgan fingerprint density at radius 3 is 2.25 bits per heavy atom. The SMILES string of the molecule is Nc1ncc(CNCc2ccccc2)cn1. The van der Waals surface area contributed by atoms with Crippen LogP contribution in [0.5, 0.6) is 0 Å². The van der Waals surface area contributed by atoms with Crippen molar-refractivity contribution in [1.82, 2.24) is 15.3 Å². The Kier molecular flexibility index (Phi) is 3.46. The van der Waals surface area contributed by atoms with Gasteiger partial charge >= 0.3 is 0 Å². The van der Waals surface area contributed by atoms with Crippen LogP contribution in [0.3, 0.4) is 0 Å². The zero-order valence-electron chi connectivity index (χ0n) is 8.93. The fraction of sp³-hybridized carbons (Fsp3) is 0.167. The summed E-state index contributed by atoms with van der Waals surface area (Å²) < 4.78 is 0. The second-order valence-corrected chi connectivity index (χ2v) is 3.54. The monoisotopic (exact) mass is 214 g/mol. The number of nitrogen functional groups attached to an aromatic ring is 1. The molecule has 1 aromatic heterocycles. The van der Waals surface area contributed by atoms with Crippen LogP contribution in [0.25, 0.3) is 0 Å². The molecule has 0 bridgehead atoms. The average molecular weight is 214 g/mol. The van der Waals surface area contributed by atoms with Crippen molar-refractivity contribution in [3.05, 3.63) is 53.9 Å². The minimum Gasteiger partial charge on any atom is -0.368 e. The van der Waals surface area contributed by atoms with E-state index in [0.29, 0.717) is 5.95 Å². The zero-order chi connectivity index (χ0) is 11.2. The fourth-order valence-electron chi connectivity index (χ4n) is 1.40. The van der Waals surface area contributed by atoms with Gasteiger partial charge in [0.05, 0.1) is 0 Å². The van der Waals surface area contributed by atoms with Crippen molar-refractivity contribution >= 4 is 5.95 Å². The van der Waals surface area contributed by atoms with Crippen LogP contribution in [0, 0.1) is 0 Å². The largest absolute Gasteiger partial charge is 0.368 e. The van der Waals surface area contributed by atoms with Crippen molar-refractivity contribution in [1.29, 1.82) is 0 Å². The fourth-order valence-corrected chi connectivity index (χ4v) is 1.40. The first-order valence-corrected chi connectivity index (χ1v) is 5.15. The maximum Gasteiger partial charge on any atom is 0.219 e. The smallest absolute Gasteiger partial charge is 0.219 e. The third-order valence-electron chi connectivity index (χ3n) is 2.23. The van der Waals surface area contributed by atoms with Crippen LogP contribution in [-0.4, -0.2) is 9.97 Å². The zero-order valence-corrected chi connectivity index (χ0v) is 8.93. The Labute approximate surface area is 94.5 Å². The minimum absolute atomic E-state index is 0.312. The molecule has 0 unspecified atom stereocenters. The Balaban J connectivity index is 1.82. The molecule has 82 valence electrons. The van der Waals surface area contributed by atoms with Crippen LogP contribution in [0.1, 0.15) is 11.1 Å². The lowest BCUT2D eigenvalue weighted by Gasteiger charge is -2.04. The summed E-state index contributed by atoms with van der Waals surface area (Å²) in [6.45, 7) is 1.58. The molecule has 0 aliphatic heterocycles. The summed E-state index contributed by atoms with van der Waals surface area (Å²) in [6, 6.07) is 10.3. The molecule has 1 aromatic carbocycles. The Hall–Kier alpha value is -1.94. The third-order valence-corrected chi connectivity index (χ3v) is 2.23. The number of nitrogens with one attached hydrogen (secondary N) is 1. The summed E-state index contributed by atoms with van der Waals surface area (Å²) >= 11 is 0.